The van der Waals surface area contributed by atoms with Crippen molar-refractivity contribution in [1.29, 1.82) is 0 Å². The maximum absolute atomic E-state index is 11.7. The van der Waals surface area contributed by atoms with Crippen molar-refractivity contribution in [3.63, 3.8) is 0 Å². The molecule has 4 heteroatoms. The minimum atomic E-state index is -1.27. The van der Waals surface area contributed by atoms with E-state index < -0.39 is 23.5 Å². The van der Waals surface area contributed by atoms with Crippen LogP contribution in [0.4, 0.5) is 0 Å². The molecule has 3 rings (SSSR count). The highest BCUT2D eigenvalue weighted by Gasteiger charge is 2.58. The molecule has 4 nitrogen and oxygen atoms in total. The monoisotopic (exact) mass is 290 g/mol. The van der Waals surface area contributed by atoms with E-state index in [2.05, 4.69) is 0 Å². The first-order valence-corrected chi connectivity index (χ1v) is 7.69. The predicted molar refractivity (Wildman–Crippen MR) is 78.0 cm³/mol. The van der Waals surface area contributed by atoms with Gasteiger partial charge in [-0.15, -0.1) is 0 Å². The maximum Gasteiger partial charge on any atom is 0.338 e. The predicted octanol–water partition coefficient (Wildman–Crippen LogP) is 3.15. The van der Waals surface area contributed by atoms with Crippen LogP contribution in [0.1, 0.15) is 44.6 Å². The highest BCUT2D eigenvalue weighted by molar-refractivity contribution is 5.78. The highest BCUT2D eigenvalue weighted by atomic mass is 16.8. The summed E-state index contributed by atoms with van der Waals surface area (Å²) in [4.78, 5) is 11.7. The van der Waals surface area contributed by atoms with Crippen LogP contribution in [0.5, 0.6) is 0 Å². The van der Waals surface area contributed by atoms with E-state index in [4.69, 9.17) is 9.47 Å². The van der Waals surface area contributed by atoms with E-state index in [0.717, 1.165) is 31.2 Å². The van der Waals surface area contributed by atoms with Crippen molar-refractivity contribution in [2.45, 2.75) is 62.9 Å². The molecule has 1 aromatic rings. The molecule has 1 spiro atoms. The smallest absolute Gasteiger partial charge is 0.338 e. The fraction of sp³-hybridized carbons (Fsp3) is 0.588. The second kappa shape index (κ2) is 5.43. The van der Waals surface area contributed by atoms with Crippen LogP contribution >= 0.6 is 0 Å². The number of ether oxygens (including phenoxy) is 2. The number of rotatable bonds is 3. The average Bonchev–Trinajstić information content (AvgIpc) is 2.74. The van der Waals surface area contributed by atoms with Crippen molar-refractivity contribution in [2.75, 3.05) is 0 Å². The van der Waals surface area contributed by atoms with Crippen LogP contribution in [-0.4, -0.2) is 28.6 Å². The Labute approximate surface area is 125 Å². The van der Waals surface area contributed by atoms with Crippen molar-refractivity contribution in [3.8, 4) is 0 Å². The molecule has 2 aliphatic rings. The third-order valence-electron chi connectivity index (χ3n) is 4.67. The summed E-state index contributed by atoms with van der Waals surface area (Å²) in [5, 5.41) is 9.63. The molecule has 0 amide bonds. The molecule has 1 saturated heterocycles. The molecule has 0 unspecified atom stereocenters. The molecule has 0 radical (unpaired) electrons. The summed E-state index contributed by atoms with van der Waals surface area (Å²) in [6.45, 7) is 1.65. The Morgan fingerprint density at radius 1 is 1.24 bits per heavy atom. The number of carboxylic acids is 1. The van der Waals surface area contributed by atoms with E-state index in [1.54, 1.807) is 6.92 Å². The molecule has 1 aliphatic heterocycles. The van der Waals surface area contributed by atoms with Crippen molar-refractivity contribution in [1.82, 2.24) is 0 Å². The molecule has 114 valence electrons. The zero-order chi connectivity index (χ0) is 14.9. The van der Waals surface area contributed by atoms with Crippen LogP contribution in [-0.2, 0) is 20.7 Å². The van der Waals surface area contributed by atoms with Crippen LogP contribution in [0, 0.1) is 0 Å². The van der Waals surface area contributed by atoms with E-state index in [1.807, 2.05) is 30.3 Å². The second-order valence-corrected chi connectivity index (χ2v) is 6.28. The van der Waals surface area contributed by atoms with Gasteiger partial charge in [0.05, 0.1) is 0 Å². The molecule has 21 heavy (non-hydrogen) atoms. The molecule has 1 aliphatic carbocycles. The van der Waals surface area contributed by atoms with Crippen LogP contribution in [0.15, 0.2) is 30.3 Å². The summed E-state index contributed by atoms with van der Waals surface area (Å²) in [5.74, 6) is -1.63. The fourth-order valence-corrected chi connectivity index (χ4v) is 3.40. The summed E-state index contributed by atoms with van der Waals surface area (Å²) < 4.78 is 12.2. The summed E-state index contributed by atoms with van der Waals surface area (Å²) in [6, 6.07) is 9.86. The Morgan fingerprint density at radius 3 is 2.52 bits per heavy atom. The van der Waals surface area contributed by atoms with Gasteiger partial charge in [0.2, 0.25) is 0 Å². The lowest BCUT2D eigenvalue weighted by Crippen LogP contribution is -2.46. The molecule has 2 atom stereocenters. The van der Waals surface area contributed by atoms with E-state index in [-0.39, 0.29) is 0 Å². The van der Waals surface area contributed by atoms with E-state index in [1.165, 1.54) is 6.42 Å². The van der Waals surface area contributed by atoms with E-state index in [9.17, 15) is 9.90 Å². The zero-order valence-electron chi connectivity index (χ0n) is 12.4. The van der Waals surface area contributed by atoms with Crippen molar-refractivity contribution >= 4 is 5.97 Å². The van der Waals surface area contributed by atoms with Crippen molar-refractivity contribution in [3.05, 3.63) is 35.9 Å². The zero-order valence-corrected chi connectivity index (χ0v) is 12.4. The van der Waals surface area contributed by atoms with Gasteiger partial charge in [0, 0.05) is 19.3 Å². The normalized spacial score (nSPS) is 31.4. The summed E-state index contributed by atoms with van der Waals surface area (Å²) in [6.07, 6.45) is 4.94. The summed E-state index contributed by atoms with van der Waals surface area (Å²) in [5.41, 5.74) is -0.195. The topological polar surface area (TPSA) is 55.8 Å². The Hall–Kier alpha value is -1.39. The molecule has 2 fully saturated rings. The molecular formula is C17H22O4. The lowest BCUT2D eigenvalue weighted by atomic mass is 9.93. The van der Waals surface area contributed by atoms with E-state index >= 15 is 0 Å². The number of hydrogen-bond acceptors (Lipinski definition) is 3. The van der Waals surface area contributed by atoms with Crippen LogP contribution in [0.2, 0.25) is 0 Å². The molecule has 1 aromatic carbocycles. The van der Waals surface area contributed by atoms with Gasteiger partial charge in [-0.3, -0.25) is 0 Å². The Balaban J connectivity index is 1.84. The number of aliphatic carboxylic acids is 1. The summed E-state index contributed by atoms with van der Waals surface area (Å²) in [7, 11) is 0. The SMILES string of the molecule is C[C@]1(C(=O)O)OC2(CCCCC2)O[C@@H]1Cc1ccccc1. The van der Waals surface area contributed by atoms with E-state index in [0.29, 0.717) is 6.42 Å². The van der Waals surface area contributed by atoms with Crippen molar-refractivity contribution < 1.29 is 19.4 Å². The van der Waals surface area contributed by atoms with Gasteiger partial charge in [-0.25, -0.2) is 4.79 Å². The van der Waals surface area contributed by atoms with Gasteiger partial charge in [0.1, 0.15) is 6.10 Å². The quantitative estimate of drug-likeness (QED) is 0.929. The second-order valence-electron chi connectivity index (χ2n) is 6.28. The van der Waals surface area contributed by atoms with Crippen LogP contribution in [0.3, 0.4) is 0 Å². The number of carboxylic acid groups (broad SMARTS) is 1. The van der Waals surface area contributed by atoms with Gasteiger partial charge in [-0.1, -0.05) is 36.8 Å². The van der Waals surface area contributed by atoms with Gasteiger partial charge in [0.15, 0.2) is 11.4 Å². The van der Waals surface area contributed by atoms with Crippen molar-refractivity contribution in [2.24, 2.45) is 0 Å². The third-order valence-corrected chi connectivity index (χ3v) is 4.67. The van der Waals surface area contributed by atoms with Gasteiger partial charge < -0.3 is 14.6 Å². The molecule has 0 aromatic heterocycles. The average molecular weight is 290 g/mol. The molecular weight excluding hydrogens is 268 g/mol. The first-order chi connectivity index (χ1) is 10.0. The largest absolute Gasteiger partial charge is 0.479 e. The molecule has 1 saturated carbocycles. The first kappa shape index (κ1) is 14.5. The maximum atomic E-state index is 11.7. The minimum Gasteiger partial charge on any atom is -0.479 e. The summed E-state index contributed by atoms with van der Waals surface area (Å²) >= 11 is 0. The lowest BCUT2D eigenvalue weighted by Gasteiger charge is -2.32. The van der Waals surface area contributed by atoms with Gasteiger partial charge in [-0.2, -0.15) is 0 Å². The minimum absolute atomic E-state index is 0.449. The standard InChI is InChI=1S/C17H22O4/c1-16(15(18)19)14(12-13-8-4-2-5-9-13)20-17(21-16)10-6-3-7-11-17/h2,4-5,8-9,14H,3,6-7,10-12H2,1H3,(H,18,19)/t14-,16+/m1/s1. The van der Waals surface area contributed by atoms with Crippen LogP contribution in [0.25, 0.3) is 0 Å². The Bertz CT molecular complexity index is 507. The first-order valence-electron chi connectivity index (χ1n) is 7.69. The number of carbonyl (C=O) groups is 1. The van der Waals surface area contributed by atoms with Gasteiger partial charge in [0.25, 0.3) is 0 Å². The lowest BCUT2D eigenvalue weighted by molar-refractivity contribution is -0.211. The number of benzene rings is 1. The fourth-order valence-electron chi connectivity index (χ4n) is 3.40. The van der Waals surface area contributed by atoms with Gasteiger partial charge in [-0.05, 0) is 25.3 Å². The van der Waals surface area contributed by atoms with Gasteiger partial charge >= 0.3 is 5.97 Å². The van der Waals surface area contributed by atoms with Crippen LogP contribution < -0.4 is 0 Å². The molecule has 1 heterocycles. The highest BCUT2D eigenvalue weighted by Crippen LogP contribution is 2.46. The molecule has 1 N–H and O–H groups in total. The number of hydrogen-bond donors (Lipinski definition) is 1. The Kier molecular flexibility index (Phi) is 3.76. The molecule has 0 bridgehead atoms. The third kappa shape index (κ3) is 2.70. The Morgan fingerprint density at radius 2 is 1.90 bits per heavy atom.